The van der Waals surface area contributed by atoms with Gasteiger partial charge in [0.25, 0.3) is 0 Å². The summed E-state index contributed by atoms with van der Waals surface area (Å²) in [5.74, 6) is 0.189. The van der Waals surface area contributed by atoms with Gasteiger partial charge in [0.15, 0.2) is 5.75 Å². The van der Waals surface area contributed by atoms with Crippen LogP contribution in [0.2, 0.25) is 0 Å². The van der Waals surface area contributed by atoms with Crippen molar-refractivity contribution >= 4 is 5.69 Å². The first-order chi connectivity index (χ1) is 13.1. The lowest BCUT2D eigenvalue weighted by Crippen LogP contribution is -2.48. The van der Waals surface area contributed by atoms with E-state index in [2.05, 4.69) is 34.1 Å². The fourth-order valence-corrected chi connectivity index (χ4v) is 3.24. The van der Waals surface area contributed by atoms with Crippen LogP contribution in [0.1, 0.15) is 5.56 Å². The minimum atomic E-state index is -0.689. The molecule has 0 amide bonds. The molecule has 7 nitrogen and oxygen atoms in total. The first-order valence-electron chi connectivity index (χ1n) is 9.15. The van der Waals surface area contributed by atoms with Crippen LogP contribution in [0, 0.1) is 10.1 Å². The standard InChI is InChI=1S/C20H25N3O4/c24-18(16-27-20-9-5-4-8-19(20)23(25)26)15-22-12-10-21(11-13-22)14-17-6-2-1-3-7-17/h1-9,18,24H,10-16H2/t18-/m0/s1. The Bertz CT molecular complexity index is 733. The monoisotopic (exact) mass is 371 g/mol. The second kappa shape index (κ2) is 9.45. The van der Waals surface area contributed by atoms with Crippen molar-refractivity contribution in [2.24, 2.45) is 0 Å². The summed E-state index contributed by atoms with van der Waals surface area (Å²) in [6.45, 7) is 5.15. The topological polar surface area (TPSA) is 79.1 Å². The number of para-hydroxylation sites is 2. The summed E-state index contributed by atoms with van der Waals surface area (Å²) < 4.78 is 5.47. The lowest BCUT2D eigenvalue weighted by Gasteiger charge is -2.35. The van der Waals surface area contributed by atoms with Crippen LogP contribution in [-0.2, 0) is 6.54 Å². The minimum Gasteiger partial charge on any atom is -0.484 e. The van der Waals surface area contributed by atoms with E-state index in [0.29, 0.717) is 6.54 Å². The molecule has 1 atom stereocenters. The van der Waals surface area contributed by atoms with Crippen LogP contribution < -0.4 is 4.74 Å². The molecule has 7 heteroatoms. The van der Waals surface area contributed by atoms with E-state index in [-0.39, 0.29) is 18.0 Å². The van der Waals surface area contributed by atoms with Crippen molar-refractivity contribution in [3.63, 3.8) is 0 Å². The highest BCUT2D eigenvalue weighted by molar-refractivity contribution is 5.45. The number of hydrogen-bond donors (Lipinski definition) is 1. The zero-order chi connectivity index (χ0) is 19.1. The van der Waals surface area contributed by atoms with E-state index in [1.807, 2.05) is 6.07 Å². The van der Waals surface area contributed by atoms with Crippen LogP contribution in [0.5, 0.6) is 5.75 Å². The number of aliphatic hydroxyl groups excluding tert-OH is 1. The molecular weight excluding hydrogens is 346 g/mol. The lowest BCUT2D eigenvalue weighted by atomic mass is 10.2. The smallest absolute Gasteiger partial charge is 0.310 e. The molecule has 0 unspecified atom stereocenters. The van der Waals surface area contributed by atoms with Gasteiger partial charge in [0.05, 0.1) is 4.92 Å². The van der Waals surface area contributed by atoms with Gasteiger partial charge in [0, 0.05) is 45.3 Å². The Kier molecular flexibility index (Phi) is 6.75. The van der Waals surface area contributed by atoms with Crippen molar-refractivity contribution in [1.82, 2.24) is 9.80 Å². The van der Waals surface area contributed by atoms with Gasteiger partial charge >= 0.3 is 5.69 Å². The van der Waals surface area contributed by atoms with Crippen LogP contribution in [0.25, 0.3) is 0 Å². The summed E-state index contributed by atoms with van der Waals surface area (Å²) in [7, 11) is 0. The fourth-order valence-electron chi connectivity index (χ4n) is 3.24. The number of rotatable bonds is 8. The largest absolute Gasteiger partial charge is 0.484 e. The predicted octanol–water partition coefficient (Wildman–Crippen LogP) is 2.15. The number of piperazine rings is 1. The van der Waals surface area contributed by atoms with Gasteiger partial charge in [-0.25, -0.2) is 0 Å². The molecule has 1 N–H and O–H groups in total. The van der Waals surface area contributed by atoms with Gasteiger partial charge in [0.2, 0.25) is 0 Å². The predicted molar refractivity (Wildman–Crippen MR) is 103 cm³/mol. The Labute approximate surface area is 158 Å². The third-order valence-corrected chi connectivity index (χ3v) is 4.68. The average molecular weight is 371 g/mol. The maximum atomic E-state index is 11.0. The summed E-state index contributed by atoms with van der Waals surface area (Å²) in [6.07, 6.45) is -0.689. The summed E-state index contributed by atoms with van der Waals surface area (Å²) >= 11 is 0. The number of hydrogen-bond acceptors (Lipinski definition) is 6. The van der Waals surface area contributed by atoms with Gasteiger partial charge in [0.1, 0.15) is 12.7 Å². The highest BCUT2D eigenvalue weighted by Gasteiger charge is 2.20. The molecule has 1 heterocycles. The van der Waals surface area contributed by atoms with Crippen molar-refractivity contribution in [1.29, 1.82) is 0 Å². The number of nitro groups is 1. The SMILES string of the molecule is O=[N+]([O-])c1ccccc1OC[C@@H](O)CN1CCN(Cc2ccccc2)CC1. The van der Waals surface area contributed by atoms with Gasteiger partial charge < -0.3 is 9.84 Å². The zero-order valence-corrected chi connectivity index (χ0v) is 15.2. The summed E-state index contributed by atoms with van der Waals surface area (Å²) in [6, 6.07) is 16.6. The summed E-state index contributed by atoms with van der Waals surface area (Å²) in [5, 5.41) is 21.2. The summed E-state index contributed by atoms with van der Waals surface area (Å²) in [5.41, 5.74) is 1.23. The molecule has 0 aliphatic carbocycles. The average Bonchev–Trinajstić information content (AvgIpc) is 2.69. The number of nitrogens with zero attached hydrogens (tertiary/aromatic N) is 3. The number of benzene rings is 2. The summed E-state index contributed by atoms with van der Waals surface area (Å²) in [4.78, 5) is 15.1. The molecule has 1 fully saturated rings. The van der Waals surface area contributed by atoms with Gasteiger partial charge in [-0.15, -0.1) is 0 Å². The normalized spacial score (nSPS) is 16.8. The third-order valence-electron chi connectivity index (χ3n) is 4.68. The lowest BCUT2D eigenvalue weighted by molar-refractivity contribution is -0.385. The molecule has 0 spiro atoms. The number of nitro benzene ring substituents is 1. The molecule has 144 valence electrons. The molecule has 0 bridgehead atoms. The second-order valence-corrected chi connectivity index (χ2v) is 6.75. The molecule has 27 heavy (non-hydrogen) atoms. The quantitative estimate of drug-likeness (QED) is 0.566. The van der Waals surface area contributed by atoms with Crippen molar-refractivity contribution in [2.45, 2.75) is 12.6 Å². The Morgan fingerprint density at radius 1 is 1.00 bits per heavy atom. The van der Waals surface area contributed by atoms with Crippen LogP contribution >= 0.6 is 0 Å². The van der Waals surface area contributed by atoms with E-state index in [4.69, 9.17) is 4.74 Å². The Morgan fingerprint density at radius 2 is 1.63 bits per heavy atom. The van der Waals surface area contributed by atoms with Crippen molar-refractivity contribution in [3.8, 4) is 5.75 Å². The third kappa shape index (κ3) is 5.75. The van der Waals surface area contributed by atoms with E-state index in [1.165, 1.54) is 11.6 Å². The highest BCUT2D eigenvalue weighted by Crippen LogP contribution is 2.25. The first kappa shape index (κ1) is 19.3. The first-order valence-corrected chi connectivity index (χ1v) is 9.15. The van der Waals surface area contributed by atoms with Crippen molar-refractivity contribution in [2.75, 3.05) is 39.3 Å². The Morgan fingerprint density at radius 3 is 2.33 bits per heavy atom. The van der Waals surface area contributed by atoms with Crippen molar-refractivity contribution in [3.05, 3.63) is 70.3 Å². The Balaban J connectivity index is 1.41. The second-order valence-electron chi connectivity index (χ2n) is 6.75. The Hall–Kier alpha value is -2.48. The molecule has 1 aliphatic heterocycles. The van der Waals surface area contributed by atoms with E-state index in [0.717, 1.165) is 32.7 Å². The molecule has 0 saturated carbocycles. The highest BCUT2D eigenvalue weighted by atomic mass is 16.6. The van der Waals surface area contributed by atoms with Gasteiger partial charge in [-0.2, -0.15) is 0 Å². The molecule has 2 aromatic rings. The fraction of sp³-hybridized carbons (Fsp3) is 0.400. The zero-order valence-electron chi connectivity index (χ0n) is 15.2. The molecular formula is C20H25N3O4. The van der Waals surface area contributed by atoms with E-state index in [1.54, 1.807) is 18.2 Å². The van der Waals surface area contributed by atoms with Crippen molar-refractivity contribution < 1.29 is 14.8 Å². The number of β-amino-alcohol motifs (C(OH)–C–C–N with tert-alkyl or cyclic N) is 1. The van der Waals surface area contributed by atoms with Crippen LogP contribution in [0.3, 0.4) is 0 Å². The van der Waals surface area contributed by atoms with Gasteiger partial charge in [-0.1, -0.05) is 42.5 Å². The molecule has 2 aromatic carbocycles. The van der Waals surface area contributed by atoms with Gasteiger partial charge in [-0.05, 0) is 11.6 Å². The van der Waals surface area contributed by atoms with E-state index >= 15 is 0 Å². The van der Waals surface area contributed by atoms with Crippen LogP contribution in [-0.4, -0.2) is 65.3 Å². The maximum Gasteiger partial charge on any atom is 0.310 e. The van der Waals surface area contributed by atoms with Gasteiger partial charge in [-0.3, -0.25) is 19.9 Å². The molecule has 0 aromatic heterocycles. The van der Waals surface area contributed by atoms with Crippen LogP contribution in [0.4, 0.5) is 5.69 Å². The maximum absolute atomic E-state index is 11.0. The van der Waals surface area contributed by atoms with E-state index < -0.39 is 11.0 Å². The van der Waals surface area contributed by atoms with Crippen LogP contribution in [0.15, 0.2) is 54.6 Å². The molecule has 1 saturated heterocycles. The number of ether oxygens (including phenoxy) is 1. The minimum absolute atomic E-state index is 0.0368. The molecule has 3 rings (SSSR count). The molecule has 1 aliphatic rings. The van der Waals surface area contributed by atoms with E-state index in [9.17, 15) is 15.2 Å². The number of aliphatic hydroxyl groups is 1. The molecule has 0 radical (unpaired) electrons.